The van der Waals surface area contributed by atoms with E-state index in [4.69, 9.17) is 22.4 Å². The molecule has 0 spiro atoms. The van der Waals surface area contributed by atoms with Gasteiger partial charge in [-0.3, -0.25) is 0 Å². The Balaban J connectivity index is 3.46. The van der Waals surface area contributed by atoms with Crippen molar-refractivity contribution in [2.24, 2.45) is 5.73 Å². The third-order valence-electron chi connectivity index (χ3n) is 3.97. The van der Waals surface area contributed by atoms with Gasteiger partial charge in [0, 0.05) is 12.8 Å². The molecular formula is C18H34ClNO2. The molecule has 0 amide bonds. The first-order chi connectivity index (χ1) is 10.6. The Morgan fingerprint density at radius 3 is 1.91 bits per heavy atom. The van der Waals surface area contributed by atoms with Gasteiger partial charge in [-0.1, -0.05) is 76.3 Å². The molecule has 3 nitrogen and oxygen atoms in total. The first-order valence-electron chi connectivity index (χ1n) is 8.74. The standard InChI is InChI=1S/C18H34ClNO2/c1-2-3-4-5-6-7-8-9-10-11-12-13-14-15-18(20,16-21)17(19)22/h17,21-22H,2-12,15-16,20H2,1H3. The highest BCUT2D eigenvalue weighted by Gasteiger charge is 2.30. The largest absolute Gasteiger partial charge is 0.394 e. The summed E-state index contributed by atoms with van der Waals surface area (Å²) in [7, 11) is 0. The van der Waals surface area contributed by atoms with E-state index < -0.39 is 11.1 Å². The normalized spacial score (nSPS) is 15.0. The summed E-state index contributed by atoms with van der Waals surface area (Å²) in [5, 5.41) is 18.4. The topological polar surface area (TPSA) is 66.5 Å². The summed E-state index contributed by atoms with van der Waals surface area (Å²) >= 11 is 5.54. The lowest BCUT2D eigenvalue weighted by Gasteiger charge is -2.26. The molecule has 0 aliphatic rings. The van der Waals surface area contributed by atoms with E-state index in [-0.39, 0.29) is 13.0 Å². The van der Waals surface area contributed by atoms with Crippen molar-refractivity contribution in [3.63, 3.8) is 0 Å². The molecule has 0 radical (unpaired) electrons. The molecule has 2 unspecified atom stereocenters. The van der Waals surface area contributed by atoms with Gasteiger partial charge in [0.15, 0.2) is 0 Å². The van der Waals surface area contributed by atoms with Crippen LogP contribution >= 0.6 is 11.6 Å². The Hall–Kier alpha value is -0.270. The van der Waals surface area contributed by atoms with E-state index >= 15 is 0 Å². The van der Waals surface area contributed by atoms with Gasteiger partial charge in [0.1, 0.15) is 5.56 Å². The van der Waals surface area contributed by atoms with Gasteiger partial charge in [0.2, 0.25) is 0 Å². The second-order valence-electron chi connectivity index (χ2n) is 6.19. The second-order valence-corrected chi connectivity index (χ2v) is 6.60. The van der Waals surface area contributed by atoms with Crippen molar-refractivity contribution in [2.45, 2.75) is 95.1 Å². The zero-order chi connectivity index (χ0) is 16.7. The fourth-order valence-corrected chi connectivity index (χ4v) is 2.38. The predicted octanol–water partition coefficient (Wildman–Crippen LogP) is 3.94. The van der Waals surface area contributed by atoms with E-state index in [0.717, 1.165) is 12.8 Å². The summed E-state index contributed by atoms with van der Waals surface area (Å²) in [4.78, 5) is 0. The zero-order valence-corrected chi connectivity index (χ0v) is 14.9. The summed E-state index contributed by atoms with van der Waals surface area (Å²) in [6.07, 6.45) is 14.2. The van der Waals surface area contributed by atoms with Crippen molar-refractivity contribution >= 4 is 11.6 Å². The molecule has 0 fully saturated rings. The molecule has 2 atom stereocenters. The average molecular weight is 332 g/mol. The van der Waals surface area contributed by atoms with E-state index in [0.29, 0.717) is 0 Å². The number of hydrogen-bond acceptors (Lipinski definition) is 3. The molecule has 4 N–H and O–H groups in total. The Morgan fingerprint density at radius 1 is 0.955 bits per heavy atom. The van der Waals surface area contributed by atoms with Gasteiger partial charge >= 0.3 is 0 Å². The van der Waals surface area contributed by atoms with E-state index in [1.54, 1.807) is 0 Å². The highest BCUT2D eigenvalue weighted by atomic mass is 35.5. The van der Waals surface area contributed by atoms with Crippen molar-refractivity contribution < 1.29 is 10.2 Å². The van der Waals surface area contributed by atoms with E-state index in [1.165, 1.54) is 57.8 Å². The molecular weight excluding hydrogens is 298 g/mol. The fraction of sp³-hybridized carbons (Fsp3) is 0.889. The van der Waals surface area contributed by atoms with Crippen LogP contribution in [-0.4, -0.2) is 27.9 Å². The van der Waals surface area contributed by atoms with Gasteiger partial charge in [-0.05, 0) is 6.42 Å². The Morgan fingerprint density at radius 2 is 1.45 bits per heavy atom. The lowest BCUT2D eigenvalue weighted by Crippen LogP contribution is -2.51. The maximum atomic E-state index is 9.28. The molecule has 0 aliphatic carbocycles. The third kappa shape index (κ3) is 11.3. The van der Waals surface area contributed by atoms with Gasteiger partial charge < -0.3 is 15.9 Å². The van der Waals surface area contributed by atoms with Gasteiger partial charge in [-0.15, -0.1) is 11.8 Å². The minimum atomic E-state index is -1.27. The third-order valence-corrected chi connectivity index (χ3v) is 4.40. The molecule has 0 aromatic rings. The van der Waals surface area contributed by atoms with Crippen molar-refractivity contribution in [3.05, 3.63) is 0 Å². The molecule has 0 bridgehead atoms. The maximum Gasteiger partial charge on any atom is 0.148 e. The molecule has 130 valence electrons. The molecule has 0 saturated carbocycles. The molecule has 0 aromatic heterocycles. The average Bonchev–Trinajstić information content (AvgIpc) is 2.51. The van der Waals surface area contributed by atoms with Crippen LogP contribution in [0.4, 0.5) is 0 Å². The van der Waals surface area contributed by atoms with Crippen LogP contribution < -0.4 is 5.73 Å². The van der Waals surface area contributed by atoms with Crippen LogP contribution in [0.2, 0.25) is 0 Å². The number of nitrogens with two attached hydrogens (primary N) is 1. The molecule has 4 heteroatoms. The van der Waals surface area contributed by atoms with Crippen LogP contribution in [0.25, 0.3) is 0 Å². The van der Waals surface area contributed by atoms with E-state index in [9.17, 15) is 5.11 Å². The SMILES string of the molecule is CCCCCCCCCCCCC#CCC(N)(CO)C(O)Cl. The monoisotopic (exact) mass is 331 g/mol. The lowest BCUT2D eigenvalue weighted by atomic mass is 9.99. The Bertz CT molecular complexity index is 312. The first-order valence-corrected chi connectivity index (χ1v) is 9.18. The molecule has 22 heavy (non-hydrogen) atoms. The van der Waals surface area contributed by atoms with Crippen molar-refractivity contribution in [2.75, 3.05) is 6.61 Å². The zero-order valence-electron chi connectivity index (χ0n) is 14.1. The van der Waals surface area contributed by atoms with Crippen LogP contribution in [0.3, 0.4) is 0 Å². The highest BCUT2D eigenvalue weighted by molar-refractivity contribution is 6.20. The number of hydrogen-bond donors (Lipinski definition) is 3. The van der Waals surface area contributed by atoms with Crippen LogP contribution in [0.5, 0.6) is 0 Å². The minimum absolute atomic E-state index is 0.214. The summed E-state index contributed by atoms with van der Waals surface area (Å²) in [5.41, 5.74) is 3.26. The number of alkyl halides is 1. The van der Waals surface area contributed by atoms with Crippen molar-refractivity contribution in [3.8, 4) is 11.8 Å². The van der Waals surface area contributed by atoms with Gasteiger partial charge in [-0.2, -0.15) is 0 Å². The Labute approximate surface area is 141 Å². The number of aliphatic hydroxyl groups is 2. The van der Waals surface area contributed by atoms with Gasteiger partial charge in [0.05, 0.1) is 12.1 Å². The summed E-state index contributed by atoms with van der Waals surface area (Å²) in [6, 6.07) is 0. The van der Waals surface area contributed by atoms with Crippen molar-refractivity contribution in [1.82, 2.24) is 0 Å². The fourth-order valence-electron chi connectivity index (χ4n) is 2.23. The number of halogens is 1. The van der Waals surface area contributed by atoms with E-state index in [2.05, 4.69) is 18.8 Å². The maximum absolute atomic E-state index is 9.28. The van der Waals surface area contributed by atoms with Crippen molar-refractivity contribution in [1.29, 1.82) is 0 Å². The van der Waals surface area contributed by atoms with Crippen LogP contribution in [0.15, 0.2) is 0 Å². The minimum Gasteiger partial charge on any atom is -0.394 e. The number of aliphatic hydroxyl groups excluding tert-OH is 2. The Kier molecular flexibility index (Phi) is 14.2. The quantitative estimate of drug-likeness (QED) is 0.272. The number of rotatable bonds is 13. The van der Waals surface area contributed by atoms with E-state index in [1.807, 2.05) is 0 Å². The smallest absolute Gasteiger partial charge is 0.148 e. The number of unbranched alkanes of at least 4 members (excludes halogenated alkanes) is 10. The molecule has 0 heterocycles. The second kappa shape index (κ2) is 14.3. The summed E-state index contributed by atoms with van der Waals surface area (Å²) < 4.78 is 0. The van der Waals surface area contributed by atoms with Gasteiger partial charge in [-0.25, -0.2) is 0 Å². The predicted molar refractivity (Wildman–Crippen MR) is 94.7 cm³/mol. The highest BCUT2D eigenvalue weighted by Crippen LogP contribution is 2.14. The summed E-state index contributed by atoms with van der Waals surface area (Å²) in [5.74, 6) is 5.95. The first kappa shape index (κ1) is 21.7. The van der Waals surface area contributed by atoms with Crippen LogP contribution in [0, 0.1) is 11.8 Å². The molecule has 0 aromatic carbocycles. The lowest BCUT2D eigenvalue weighted by molar-refractivity contribution is 0.0979. The molecule has 0 rings (SSSR count). The molecule has 0 aliphatic heterocycles. The van der Waals surface area contributed by atoms with Crippen LogP contribution in [-0.2, 0) is 0 Å². The van der Waals surface area contributed by atoms with Gasteiger partial charge in [0.25, 0.3) is 0 Å². The molecule has 0 saturated heterocycles. The van der Waals surface area contributed by atoms with Crippen LogP contribution in [0.1, 0.15) is 84.0 Å². The summed E-state index contributed by atoms with van der Waals surface area (Å²) in [6.45, 7) is 1.88.